The predicted molar refractivity (Wildman–Crippen MR) is 82.3 cm³/mol. The molecular weight excluding hydrogens is 248 g/mol. The van der Waals surface area contributed by atoms with Crippen molar-refractivity contribution in [2.24, 2.45) is 0 Å². The molecule has 0 unspecified atom stereocenters. The number of aryl methyl sites for hydroxylation is 1. The fraction of sp³-hybridized carbons (Fsp3) is 0.333. The summed E-state index contributed by atoms with van der Waals surface area (Å²) in [7, 11) is 0. The summed E-state index contributed by atoms with van der Waals surface area (Å²) in [5.74, 6) is 1.68. The second-order valence-electron chi connectivity index (χ2n) is 6.15. The van der Waals surface area contributed by atoms with Crippen LogP contribution in [0.1, 0.15) is 37.5 Å². The molecule has 0 spiro atoms. The van der Waals surface area contributed by atoms with Gasteiger partial charge in [-0.2, -0.15) is 0 Å². The summed E-state index contributed by atoms with van der Waals surface area (Å²) in [6.07, 6.45) is 0. The van der Waals surface area contributed by atoms with Crippen LogP contribution in [0.25, 0.3) is 0 Å². The molecule has 0 aliphatic heterocycles. The van der Waals surface area contributed by atoms with Gasteiger partial charge in [0.15, 0.2) is 0 Å². The summed E-state index contributed by atoms with van der Waals surface area (Å²) >= 11 is 0. The average molecular weight is 270 g/mol. The first-order valence-electron chi connectivity index (χ1n) is 6.89. The molecule has 0 atom stereocenters. The standard InChI is InChI=1S/C18H22O2/c1-13-5-10-17(16(11-13)18(2,3)4)20-15-8-6-14(12-19)7-9-15/h5-11,19H,12H2,1-4H3. The SMILES string of the molecule is Cc1ccc(Oc2ccc(CO)cc2)c(C(C)(C)C)c1. The van der Waals surface area contributed by atoms with Crippen LogP contribution in [0.15, 0.2) is 42.5 Å². The molecule has 20 heavy (non-hydrogen) atoms. The van der Waals surface area contributed by atoms with Crippen LogP contribution in [0.5, 0.6) is 11.5 Å². The third-order valence-electron chi connectivity index (χ3n) is 3.28. The van der Waals surface area contributed by atoms with Gasteiger partial charge in [-0.15, -0.1) is 0 Å². The summed E-state index contributed by atoms with van der Waals surface area (Å²) in [4.78, 5) is 0. The van der Waals surface area contributed by atoms with Gasteiger partial charge >= 0.3 is 0 Å². The van der Waals surface area contributed by atoms with Crippen LogP contribution in [-0.4, -0.2) is 5.11 Å². The molecule has 2 nitrogen and oxygen atoms in total. The van der Waals surface area contributed by atoms with Gasteiger partial charge in [-0.1, -0.05) is 50.6 Å². The van der Waals surface area contributed by atoms with E-state index < -0.39 is 0 Å². The lowest BCUT2D eigenvalue weighted by Gasteiger charge is -2.23. The van der Waals surface area contributed by atoms with Crippen molar-refractivity contribution in [2.75, 3.05) is 0 Å². The van der Waals surface area contributed by atoms with E-state index >= 15 is 0 Å². The van der Waals surface area contributed by atoms with Crippen LogP contribution in [0.3, 0.4) is 0 Å². The Morgan fingerprint density at radius 1 is 1.00 bits per heavy atom. The maximum absolute atomic E-state index is 9.06. The van der Waals surface area contributed by atoms with Crippen LogP contribution >= 0.6 is 0 Å². The maximum Gasteiger partial charge on any atom is 0.131 e. The van der Waals surface area contributed by atoms with Crippen molar-refractivity contribution in [3.05, 3.63) is 59.2 Å². The number of hydrogen-bond acceptors (Lipinski definition) is 2. The molecule has 0 heterocycles. The number of ether oxygens (including phenoxy) is 1. The number of benzene rings is 2. The quantitative estimate of drug-likeness (QED) is 0.884. The van der Waals surface area contributed by atoms with Crippen molar-refractivity contribution in [3.63, 3.8) is 0 Å². The highest BCUT2D eigenvalue weighted by Gasteiger charge is 2.19. The topological polar surface area (TPSA) is 29.5 Å². The van der Waals surface area contributed by atoms with Gasteiger partial charge in [0.2, 0.25) is 0 Å². The lowest BCUT2D eigenvalue weighted by molar-refractivity contribution is 0.281. The van der Waals surface area contributed by atoms with Gasteiger partial charge in [0.05, 0.1) is 6.61 Å². The second-order valence-corrected chi connectivity index (χ2v) is 6.15. The van der Waals surface area contributed by atoms with Crippen molar-refractivity contribution in [3.8, 4) is 11.5 Å². The van der Waals surface area contributed by atoms with Crippen LogP contribution in [0.4, 0.5) is 0 Å². The molecule has 0 aliphatic rings. The molecule has 2 aromatic rings. The largest absolute Gasteiger partial charge is 0.457 e. The number of hydrogen-bond donors (Lipinski definition) is 1. The molecule has 0 saturated heterocycles. The van der Waals surface area contributed by atoms with E-state index in [1.54, 1.807) is 0 Å². The molecule has 0 fully saturated rings. The molecule has 106 valence electrons. The molecule has 0 aromatic heterocycles. The highest BCUT2D eigenvalue weighted by molar-refractivity contribution is 5.44. The highest BCUT2D eigenvalue weighted by atomic mass is 16.5. The van der Waals surface area contributed by atoms with Gasteiger partial charge in [-0.25, -0.2) is 0 Å². The third-order valence-corrected chi connectivity index (χ3v) is 3.28. The summed E-state index contributed by atoms with van der Waals surface area (Å²) in [5.41, 5.74) is 3.35. The van der Waals surface area contributed by atoms with E-state index in [-0.39, 0.29) is 12.0 Å². The average Bonchev–Trinajstić information content (AvgIpc) is 2.40. The Balaban J connectivity index is 2.32. The first-order valence-corrected chi connectivity index (χ1v) is 6.89. The second kappa shape index (κ2) is 5.68. The molecule has 0 bridgehead atoms. The van der Waals surface area contributed by atoms with Gasteiger partial charge in [0, 0.05) is 5.56 Å². The Morgan fingerprint density at radius 2 is 1.65 bits per heavy atom. The predicted octanol–water partition coefficient (Wildman–Crippen LogP) is 4.58. The summed E-state index contributed by atoms with van der Waals surface area (Å²) < 4.78 is 6.01. The van der Waals surface area contributed by atoms with Crippen LogP contribution in [-0.2, 0) is 12.0 Å². The molecule has 2 heteroatoms. The van der Waals surface area contributed by atoms with E-state index in [2.05, 4.69) is 39.8 Å². The van der Waals surface area contributed by atoms with Crippen molar-refractivity contribution < 1.29 is 9.84 Å². The summed E-state index contributed by atoms with van der Waals surface area (Å²) in [5, 5.41) is 9.06. The molecule has 2 rings (SSSR count). The fourth-order valence-corrected chi connectivity index (χ4v) is 2.11. The van der Waals surface area contributed by atoms with E-state index in [0.717, 1.165) is 17.1 Å². The molecule has 2 aromatic carbocycles. The van der Waals surface area contributed by atoms with E-state index in [1.807, 2.05) is 30.3 Å². The van der Waals surface area contributed by atoms with Gasteiger partial charge in [-0.05, 0) is 36.1 Å². The minimum absolute atomic E-state index is 0.0341. The monoisotopic (exact) mass is 270 g/mol. The zero-order valence-corrected chi connectivity index (χ0v) is 12.6. The zero-order chi connectivity index (χ0) is 14.8. The Hall–Kier alpha value is -1.80. The van der Waals surface area contributed by atoms with Crippen molar-refractivity contribution >= 4 is 0 Å². The van der Waals surface area contributed by atoms with Crippen LogP contribution in [0, 0.1) is 6.92 Å². The lowest BCUT2D eigenvalue weighted by Crippen LogP contribution is -2.12. The van der Waals surface area contributed by atoms with E-state index in [9.17, 15) is 0 Å². The molecular formula is C18H22O2. The Morgan fingerprint density at radius 3 is 2.20 bits per heavy atom. The van der Waals surface area contributed by atoms with Gasteiger partial charge in [-0.3, -0.25) is 0 Å². The number of aliphatic hydroxyl groups is 1. The van der Waals surface area contributed by atoms with Gasteiger partial charge in [0.1, 0.15) is 11.5 Å². The van der Waals surface area contributed by atoms with Crippen LogP contribution < -0.4 is 4.74 Å². The minimum Gasteiger partial charge on any atom is -0.457 e. The van der Waals surface area contributed by atoms with E-state index in [1.165, 1.54) is 11.1 Å². The highest BCUT2D eigenvalue weighted by Crippen LogP contribution is 2.34. The van der Waals surface area contributed by atoms with Gasteiger partial charge < -0.3 is 9.84 Å². The van der Waals surface area contributed by atoms with Crippen molar-refractivity contribution in [1.82, 2.24) is 0 Å². The third kappa shape index (κ3) is 3.40. The van der Waals surface area contributed by atoms with Crippen LogP contribution in [0.2, 0.25) is 0 Å². The molecule has 1 N–H and O–H groups in total. The lowest BCUT2D eigenvalue weighted by atomic mass is 9.85. The summed E-state index contributed by atoms with van der Waals surface area (Å²) in [6, 6.07) is 13.8. The summed E-state index contributed by atoms with van der Waals surface area (Å²) in [6.45, 7) is 8.70. The Kier molecular flexibility index (Phi) is 4.15. The maximum atomic E-state index is 9.06. The zero-order valence-electron chi connectivity index (χ0n) is 12.6. The first-order chi connectivity index (χ1) is 9.40. The molecule has 0 aliphatic carbocycles. The molecule has 0 radical (unpaired) electrons. The first kappa shape index (κ1) is 14.6. The number of aliphatic hydroxyl groups excluding tert-OH is 1. The van der Waals surface area contributed by atoms with Gasteiger partial charge in [0.25, 0.3) is 0 Å². The van der Waals surface area contributed by atoms with Crippen molar-refractivity contribution in [2.45, 2.75) is 39.7 Å². The van der Waals surface area contributed by atoms with Crippen molar-refractivity contribution in [1.29, 1.82) is 0 Å². The van der Waals surface area contributed by atoms with E-state index in [4.69, 9.17) is 9.84 Å². The molecule has 0 amide bonds. The molecule has 0 saturated carbocycles. The minimum atomic E-state index is 0.0341. The van der Waals surface area contributed by atoms with E-state index in [0.29, 0.717) is 0 Å². The fourth-order valence-electron chi connectivity index (χ4n) is 2.11. The Labute approximate surface area is 121 Å². The smallest absolute Gasteiger partial charge is 0.131 e. The normalized spacial score (nSPS) is 11.4. The number of rotatable bonds is 3. The Bertz CT molecular complexity index is 577.